The first-order chi connectivity index (χ1) is 14.7. The third kappa shape index (κ3) is 2.95. The van der Waals surface area contributed by atoms with E-state index in [1.807, 2.05) is 28.8 Å². The van der Waals surface area contributed by atoms with Gasteiger partial charge in [0.1, 0.15) is 17.7 Å². The standard InChI is InChI=1S/C24H22N4O2/c29-24-21(19-9-25-15-26-10-19)5-6-22-18-7-16(12-28(22)24)11-27(13-18)14-20-8-17-3-1-2-4-23(17)30-20/h1-6,8-10,15-16,18H,7,11-14H2/t16-,18-/m1/s1. The fourth-order valence-electron chi connectivity index (χ4n) is 5.17. The number of rotatable bonds is 3. The zero-order chi connectivity index (χ0) is 20.1. The number of piperidine rings is 1. The quantitative estimate of drug-likeness (QED) is 0.527. The average Bonchev–Trinajstić information content (AvgIpc) is 3.17. The Bertz CT molecular complexity index is 1240. The van der Waals surface area contributed by atoms with Gasteiger partial charge in [-0.3, -0.25) is 9.69 Å². The molecule has 30 heavy (non-hydrogen) atoms. The second kappa shape index (κ2) is 6.92. The average molecular weight is 398 g/mol. The van der Waals surface area contributed by atoms with E-state index in [4.69, 9.17) is 4.42 Å². The Labute approximate surface area is 173 Å². The van der Waals surface area contributed by atoms with Gasteiger partial charge in [0.15, 0.2) is 0 Å². The zero-order valence-corrected chi connectivity index (χ0v) is 16.6. The number of hydrogen-bond acceptors (Lipinski definition) is 5. The van der Waals surface area contributed by atoms with Crippen LogP contribution in [0.25, 0.3) is 22.1 Å². The van der Waals surface area contributed by atoms with Gasteiger partial charge in [-0.2, -0.15) is 0 Å². The van der Waals surface area contributed by atoms with Crippen LogP contribution in [0.5, 0.6) is 0 Å². The Morgan fingerprint density at radius 2 is 1.90 bits per heavy atom. The van der Waals surface area contributed by atoms with Crippen LogP contribution in [0, 0.1) is 5.92 Å². The van der Waals surface area contributed by atoms with Crippen molar-refractivity contribution in [2.75, 3.05) is 13.1 Å². The first-order valence-electron chi connectivity index (χ1n) is 10.4. The lowest BCUT2D eigenvalue weighted by Crippen LogP contribution is -2.46. The fraction of sp³-hybridized carbons (Fsp3) is 0.292. The molecule has 2 bridgehead atoms. The Morgan fingerprint density at radius 1 is 1.03 bits per heavy atom. The van der Waals surface area contributed by atoms with Crippen LogP contribution in [0.4, 0.5) is 0 Å². The van der Waals surface area contributed by atoms with E-state index in [0.717, 1.165) is 60.6 Å². The van der Waals surface area contributed by atoms with Crippen LogP contribution in [0.3, 0.4) is 0 Å². The fourth-order valence-corrected chi connectivity index (χ4v) is 5.17. The molecule has 3 aromatic heterocycles. The van der Waals surface area contributed by atoms with Crippen molar-refractivity contribution < 1.29 is 4.42 Å². The predicted octanol–water partition coefficient (Wildman–Crippen LogP) is 3.67. The molecule has 1 fully saturated rings. The summed E-state index contributed by atoms with van der Waals surface area (Å²) in [6.07, 6.45) is 6.04. The van der Waals surface area contributed by atoms with Crippen LogP contribution in [0.1, 0.15) is 23.8 Å². The summed E-state index contributed by atoms with van der Waals surface area (Å²) in [5.74, 6) is 1.85. The third-order valence-electron chi connectivity index (χ3n) is 6.41. The monoisotopic (exact) mass is 398 g/mol. The predicted molar refractivity (Wildman–Crippen MR) is 114 cm³/mol. The number of pyridine rings is 1. The SMILES string of the molecule is O=c1c(-c2cncnc2)ccc2n1C[C@@H]1C[C@@H]2CN(Cc2cc3ccccc3o2)C1. The highest BCUT2D eigenvalue weighted by atomic mass is 16.3. The Hall–Kier alpha value is -3.25. The van der Waals surface area contributed by atoms with Crippen LogP contribution >= 0.6 is 0 Å². The maximum absolute atomic E-state index is 13.2. The molecule has 150 valence electrons. The summed E-state index contributed by atoms with van der Waals surface area (Å²) in [4.78, 5) is 23.8. The number of likely N-dealkylation sites (tertiary alicyclic amines) is 1. The van der Waals surface area contributed by atoms with E-state index in [-0.39, 0.29) is 5.56 Å². The summed E-state index contributed by atoms with van der Waals surface area (Å²) < 4.78 is 8.02. The highest BCUT2D eigenvalue weighted by molar-refractivity contribution is 5.77. The van der Waals surface area contributed by atoms with Gasteiger partial charge in [0.2, 0.25) is 0 Å². The number of benzene rings is 1. The van der Waals surface area contributed by atoms with E-state index < -0.39 is 0 Å². The van der Waals surface area contributed by atoms with Crippen molar-refractivity contribution in [1.29, 1.82) is 0 Å². The highest BCUT2D eigenvalue weighted by Crippen LogP contribution is 2.36. The lowest BCUT2D eigenvalue weighted by atomic mass is 9.83. The van der Waals surface area contributed by atoms with Gasteiger partial charge in [-0.15, -0.1) is 0 Å². The molecule has 6 rings (SSSR count). The molecule has 5 heterocycles. The van der Waals surface area contributed by atoms with Crippen LogP contribution in [-0.4, -0.2) is 32.5 Å². The van der Waals surface area contributed by atoms with Crippen LogP contribution in [0.15, 0.2) is 70.4 Å². The molecule has 1 aromatic carbocycles. The normalized spacial score (nSPS) is 20.9. The van der Waals surface area contributed by atoms with Crippen molar-refractivity contribution in [3.63, 3.8) is 0 Å². The van der Waals surface area contributed by atoms with Crippen molar-refractivity contribution in [2.24, 2.45) is 5.92 Å². The number of nitrogens with zero attached hydrogens (tertiary/aromatic N) is 4. The molecule has 0 amide bonds. The van der Waals surface area contributed by atoms with E-state index in [0.29, 0.717) is 17.4 Å². The third-order valence-corrected chi connectivity index (χ3v) is 6.41. The number of furan rings is 1. The lowest BCUT2D eigenvalue weighted by molar-refractivity contribution is 0.108. The van der Waals surface area contributed by atoms with Gasteiger partial charge in [0, 0.05) is 54.6 Å². The molecular formula is C24H22N4O2. The van der Waals surface area contributed by atoms with Gasteiger partial charge in [-0.25, -0.2) is 9.97 Å². The molecule has 0 aliphatic carbocycles. The molecule has 6 nitrogen and oxygen atoms in total. The first-order valence-corrected chi connectivity index (χ1v) is 10.4. The van der Waals surface area contributed by atoms with E-state index in [9.17, 15) is 4.79 Å². The Morgan fingerprint density at radius 3 is 2.77 bits per heavy atom. The van der Waals surface area contributed by atoms with E-state index in [1.54, 1.807) is 12.4 Å². The van der Waals surface area contributed by atoms with Crippen LogP contribution < -0.4 is 5.56 Å². The summed E-state index contributed by atoms with van der Waals surface area (Å²) in [7, 11) is 0. The molecule has 2 aliphatic heterocycles. The van der Waals surface area contributed by atoms with Gasteiger partial charge in [-0.05, 0) is 36.6 Å². The summed E-state index contributed by atoms with van der Waals surface area (Å²) in [6.45, 7) is 3.51. The van der Waals surface area contributed by atoms with Crippen LogP contribution in [0.2, 0.25) is 0 Å². The molecule has 6 heteroatoms. The molecule has 4 aromatic rings. The van der Waals surface area contributed by atoms with E-state index >= 15 is 0 Å². The number of hydrogen-bond donors (Lipinski definition) is 0. The van der Waals surface area contributed by atoms with Crippen molar-refractivity contribution in [3.05, 3.63) is 83.0 Å². The molecular weight excluding hydrogens is 376 g/mol. The molecule has 2 aliphatic rings. The van der Waals surface area contributed by atoms with Gasteiger partial charge >= 0.3 is 0 Å². The largest absolute Gasteiger partial charge is 0.460 e. The summed E-state index contributed by atoms with van der Waals surface area (Å²) >= 11 is 0. The lowest BCUT2D eigenvalue weighted by Gasteiger charge is -2.42. The van der Waals surface area contributed by atoms with Crippen LogP contribution in [-0.2, 0) is 13.1 Å². The van der Waals surface area contributed by atoms with Gasteiger partial charge in [-0.1, -0.05) is 18.2 Å². The second-order valence-corrected chi connectivity index (χ2v) is 8.46. The van der Waals surface area contributed by atoms with Gasteiger partial charge in [0.25, 0.3) is 5.56 Å². The minimum absolute atomic E-state index is 0.0720. The second-order valence-electron chi connectivity index (χ2n) is 8.46. The summed E-state index contributed by atoms with van der Waals surface area (Å²) in [5, 5.41) is 1.15. The maximum Gasteiger partial charge on any atom is 0.258 e. The Balaban J connectivity index is 1.28. The number of aromatic nitrogens is 3. The molecule has 0 N–H and O–H groups in total. The van der Waals surface area contributed by atoms with Crippen molar-refractivity contribution in [3.8, 4) is 11.1 Å². The van der Waals surface area contributed by atoms with E-state index in [1.165, 1.54) is 6.33 Å². The Kier molecular flexibility index (Phi) is 4.06. The smallest absolute Gasteiger partial charge is 0.258 e. The topological polar surface area (TPSA) is 64.2 Å². The van der Waals surface area contributed by atoms with Gasteiger partial charge in [0.05, 0.1) is 12.1 Å². The molecule has 2 atom stereocenters. The minimum atomic E-state index is 0.0720. The molecule has 0 unspecified atom stereocenters. The van der Waals surface area contributed by atoms with Crippen molar-refractivity contribution in [2.45, 2.75) is 25.4 Å². The van der Waals surface area contributed by atoms with Crippen molar-refractivity contribution >= 4 is 11.0 Å². The molecule has 0 saturated carbocycles. The van der Waals surface area contributed by atoms with Crippen molar-refractivity contribution in [1.82, 2.24) is 19.4 Å². The maximum atomic E-state index is 13.2. The molecule has 1 saturated heterocycles. The molecule has 0 spiro atoms. The van der Waals surface area contributed by atoms with Gasteiger partial charge < -0.3 is 8.98 Å². The highest BCUT2D eigenvalue weighted by Gasteiger charge is 2.35. The molecule has 0 radical (unpaired) electrons. The number of fused-ring (bicyclic) bond motifs is 5. The first kappa shape index (κ1) is 17.6. The summed E-state index contributed by atoms with van der Waals surface area (Å²) in [5.41, 5.74) is 3.62. The summed E-state index contributed by atoms with van der Waals surface area (Å²) in [6, 6.07) is 14.4. The van der Waals surface area contributed by atoms with E-state index in [2.05, 4.69) is 33.1 Å². The minimum Gasteiger partial charge on any atom is -0.460 e. The number of para-hydroxylation sites is 1. The zero-order valence-electron chi connectivity index (χ0n) is 16.6.